The van der Waals surface area contributed by atoms with Gasteiger partial charge in [-0.3, -0.25) is 4.79 Å². The van der Waals surface area contributed by atoms with Gasteiger partial charge in [0.05, 0.1) is 6.26 Å². The maximum absolute atomic E-state index is 12.7. The van der Waals surface area contributed by atoms with Crippen molar-refractivity contribution in [2.45, 2.75) is 57.5 Å². The number of nitrogens with zero attached hydrogens (tertiary/aromatic N) is 1. The molecule has 1 atom stereocenters. The van der Waals surface area contributed by atoms with Crippen LogP contribution < -0.4 is 15.8 Å². The van der Waals surface area contributed by atoms with Crippen molar-refractivity contribution in [1.29, 1.82) is 0 Å². The van der Waals surface area contributed by atoms with Crippen molar-refractivity contribution in [2.24, 2.45) is 0 Å². The molecular weight excluding hydrogens is 448 g/mol. The van der Waals surface area contributed by atoms with Crippen LogP contribution in [0, 0.1) is 0 Å². The molecule has 7 nitrogen and oxygen atoms in total. The first-order chi connectivity index (χ1) is 16.3. The fraction of sp³-hybridized carbons (Fsp3) is 0.385. The van der Waals surface area contributed by atoms with Gasteiger partial charge in [0.1, 0.15) is 11.9 Å². The number of amides is 1. The number of rotatable bonds is 7. The average molecular weight is 483 g/mol. The van der Waals surface area contributed by atoms with Gasteiger partial charge in [0.25, 0.3) is 0 Å². The van der Waals surface area contributed by atoms with Crippen molar-refractivity contribution in [3.8, 4) is 0 Å². The Hall–Kier alpha value is -2.97. The third kappa shape index (κ3) is 8.43. The molecule has 0 spiro atoms. The number of carbonyl (C=O) groups is 1. The highest BCUT2D eigenvalue weighted by Crippen LogP contribution is 2.20. The maximum Gasteiger partial charge on any atom is 0.238 e. The molecule has 8 heteroatoms. The molecule has 1 aromatic heterocycles. The van der Waals surface area contributed by atoms with Crippen LogP contribution in [-0.2, 0) is 27.8 Å². The van der Waals surface area contributed by atoms with Gasteiger partial charge in [-0.2, -0.15) is 0 Å². The molecule has 1 saturated carbocycles. The van der Waals surface area contributed by atoms with E-state index in [9.17, 15) is 13.2 Å². The van der Waals surface area contributed by atoms with Gasteiger partial charge in [-0.1, -0.05) is 87.1 Å². The number of nitrogen functional groups attached to an aromatic ring is 1. The standard InChI is InChI=1S/C20H22N4O3S.C6H12/c1-28(26,27)24-18(20(25)23-13-14-9-10-19(21)22-12-14)11-16-7-4-6-15-5-2-3-8-17(15)16;1-2-4-6-5-3-1/h2-10,12,18,24H,11,13H2,1H3,(H2,21,22)(H,23,25);1-6H2. The Labute approximate surface area is 202 Å². The summed E-state index contributed by atoms with van der Waals surface area (Å²) in [6, 6.07) is 16.0. The summed E-state index contributed by atoms with van der Waals surface area (Å²) in [4.78, 5) is 16.7. The summed E-state index contributed by atoms with van der Waals surface area (Å²) in [5, 5.41) is 4.78. The molecule has 34 heavy (non-hydrogen) atoms. The van der Waals surface area contributed by atoms with Gasteiger partial charge in [-0.05, 0) is 34.4 Å². The maximum atomic E-state index is 12.7. The van der Waals surface area contributed by atoms with Crippen molar-refractivity contribution in [1.82, 2.24) is 15.0 Å². The van der Waals surface area contributed by atoms with Crippen LogP contribution in [0.1, 0.15) is 49.7 Å². The topological polar surface area (TPSA) is 114 Å². The molecule has 1 aliphatic carbocycles. The molecule has 4 N–H and O–H groups in total. The van der Waals surface area contributed by atoms with E-state index in [1.54, 1.807) is 18.3 Å². The fourth-order valence-electron chi connectivity index (χ4n) is 4.05. The van der Waals surface area contributed by atoms with Crippen molar-refractivity contribution in [3.05, 3.63) is 71.9 Å². The third-order valence-corrected chi connectivity index (χ3v) is 6.50. The minimum atomic E-state index is -3.57. The Bertz CT molecular complexity index is 1160. The number of fused-ring (bicyclic) bond motifs is 1. The van der Waals surface area contributed by atoms with Gasteiger partial charge in [0.2, 0.25) is 15.9 Å². The van der Waals surface area contributed by atoms with E-state index in [1.807, 2.05) is 42.5 Å². The lowest BCUT2D eigenvalue weighted by Gasteiger charge is -2.18. The van der Waals surface area contributed by atoms with Gasteiger partial charge >= 0.3 is 0 Å². The minimum Gasteiger partial charge on any atom is -0.384 e. The molecule has 2 aromatic carbocycles. The second-order valence-corrected chi connectivity index (χ2v) is 10.5. The number of hydrogen-bond donors (Lipinski definition) is 3. The number of nitrogens with two attached hydrogens (primary N) is 1. The van der Waals surface area contributed by atoms with Crippen molar-refractivity contribution in [2.75, 3.05) is 12.0 Å². The van der Waals surface area contributed by atoms with Crippen LogP contribution in [0.25, 0.3) is 10.8 Å². The summed E-state index contributed by atoms with van der Waals surface area (Å²) in [5.41, 5.74) is 7.22. The van der Waals surface area contributed by atoms with Crippen molar-refractivity contribution in [3.63, 3.8) is 0 Å². The first-order valence-corrected chi connectivity index (χ1v) is 13.6. The van der Waals surface area contributed by atoms with Gasteiger partial charge < -0.3 is 11.1 Å². The van der Waals surface area contributed by atoms with Crippen LogP contribution in [0.15, 0.2) is 60.8 Å². The third-order valence-electron chi connectivity index (χ3n) is 5.79. The van der Waals surface area contributed by atoms with Crippen LogP contribution >= 0.6 is 0 Å². The molecule has 3 aromatic rings. The Morgan fingerprint density at radius 1 is 0.971 bits per heavy atom. The largest absolute Gasteiger partial charge is 0.384 e. The molecule has 1 amide bonds. The second kappa shape index (κ2) is 12.5. The highest BCUT2D eigenvalue weighted by Gasteiger charge is 2.23. The number of nitrogens with one attached hydrogen (secondary N) is 2. The molecule has 4 rings (SSSR count). The lowest BCUT2D eigenvalue weighted by molar-refractivity contribution is -0.122. The summed E-state index contributed by atoms with van der Waals surface area (Å²) >= 11 is 0. The zero-order valence-corrected chi connectivity index (χ0v) is 20.5. The van der Waals surface area contributed by atoms with Gasteiger partial charge in [-0.15, -0.1) is 0 Å². The van der Waals surface area contributed by atoms with Crippen LogP contribution in [0.4, 0.5) is 5.82 Å². The van der Waals surface area contributed by atoms with E-state index in [-0.39, 0.29) is 13.0 Å². The molecule has 0 aliphatic heterocycles. The Balaban J connectivity index is 0.000000469. The predicted octanol–water partition coefficient (Wildman–Crippen LogP) is 3.93. The molecule has 0 saturated heterocycles. The zero-order chi connectivity index (χ0) is 24.4. The Morgan fingerprint density at radius 3 is 2.24 bits per heavy atom. The summed E-state index contributed by atoms with van der Waals surface area (Å²) in [6.07, 6.45) is 11.8. The highest BCUT2D eigenvalue weighted by molar-refractivity contribution is 7.88. The molecule has 182 valence electrons. The van der Waals surface area contributed by atoms with E-state index in [1.165, 1.54) is 38.5 Å². The number of benzene rings is 2. The van der Waals surface area contributed by atoms with Gasteiger partial charge in [-0.25, -0.2) is 18.1 Å². The first kappa shape index (κ1) is 25.6. The SMILES string of the molecule is C1CCCCC1.CS(=O)(=O)NC(Cc1cccc2ccccc12)C(=O)NCc1ccc(N)nc1. The summed E-state index contributed by atoms with van der Waals surface area (Å²) in [6.45, 7) is 0.226. The molecular formula is C26H34N4O3S. The van der Waals surface area contributed by atoms with Crippen LogP contribution in [0.5, 0.6) is 0 Å². The lowest BCUT2D eigenvalue weighted by Crippen LogP contribution is -2.47. The normalized spacial score (nSPS) is 14.6. The van der Waals surface area contributed by atoms with Gasteiger partial charge in [0.15, 0.2) is 0 Å². The Kier molecular flexibility index (Phi) is 9.42. The van der Waals surface area contributed by atoms with Crippen molar-refractivity contribution >= 4 is 32.5 Å². The van der Waals surface area contributed by atoms with E-state index < -0.39 is 22.0 Å². The number of pyridine rings is 1. The zero-order valence-electron chi connectivity index (χ0n) is 19.7. The lowest BCUT2D eigenvalue weighted by atomic mass is 9.99. The number of anilines is 1. The van der Waals surface area contributed by atoms with E-state index in [4.69, 9.17) is 5.73 Å². The molecule has 1 heterocycles. The number of sulfonamides is 1. The summed E-state index contributed by atoms with van der Waals surface area (Å²) < 4.78 is 26.0. The fourth-order valence-corrected chi connectivity index (χ4v) is 4.76. The molecule has 1 fully saturated rings. The highest BCUT2D eigenvalue weighted by atomic mass is 32.2. The van der Waals surface area contributed by atoms with E-state index in [0.717, 1.165) is 28.2 Å². The van der Waals surface area contributed by atoms with Crippen LogP contribution in [0.3, 0.4) is 0 Å². The van der Waals surface area contributed by atoms with E-state index in [2.05, 4.69) is 15.0 Å². The second-order valence-electron chi connectivity index (χ2n) is 8.72. The Morgan fingerprint density at radius 2 is 1.62 bits per heavy atom. The number of carbonyl (C=O) groups excluding carboxylic acids is 1. The molecule has 0 radical (unpaired) electrons. The molecule has 0 bridgehead atoms. The summed E-state index contributed by atoms with van der Waals surface area (Å²) in [5.74, 6) is -0.0159. The number of hydrogen-bond acceptors (Lipinski definition) is 5. The summed E-state index contributed by atoms with van der Waals surface area (Å²) in [7, 11) is -3.57. The van der Waals surface area contributed by atoms with Crippen LogP contribution in [-0.4, -0.2) is 31.6 Å². The first-order valence-electron chi connectivity index (χ1n) is 11.7. The quantitative estimate of drug-likeness (QED) is 0.472. The predicted molar refractivity (Wildman–Crippen MR) is 138 cm³/mol. The minimum absolute atomic E-state index is 0.226. The van der Waals surface area contributed by atoms with Gasteiger partial charge in [0, 0.05) is 12.7 Å². The monoisotopic (exact) mass is 482 g/mol. The molecule has 1 unspecified atom stereocenters. The van der Waals surface area contributed by atoms with E-state index in [0.29, 0.717) is 5.82 Å². The molecule has 1 aliphatic rings. The van der Waals surface area contributed by atoms with Crippen molar-refractivity contribution < 1.29 is 13.2 Å². The van der Waals surface area contributed by atoms with E-state index >= 15 is 0 Å². The smallest absolute Gasteiger partial charge is 0.238 e. The van der Waals surface area contributed by atoms with Crippen LogP contribution in [0.2, 0.25) is 0 Å². The average Bonchev–Trinajstić information content (AvgIpc) is 2.84. The number of aromatic nitrogens is 1.